The summed E-state index contributed by atoms with van der Waals surface area (Å²) in [5, 5.41) is 3.96. The van der Waals surface area contributed by atoms with Gasteiger partial charge in [-0.15, -0.1) is 0 Å². The molecule has 2 atom stereocenters. The van der Waals surface area contributed by atoms with E-state index in [4.69, 9.17) is 16.3 Å². The summed E-state index contributed by atoms with van der Waals surface area (Å²) in [5.74, 6) is 0.466. The van der Waals surface area contributed by atoms with Gasteiger partial charge in [-0.1, -0.05) is 41.9 Å². The quantitative estimate of drug-likeness (QED) is 0.854. The van der Waals surface area contributed by atoms with Crippen LogP contribution in [0, 0.1) is 5.92 Å². The van der Waals surface area contributed by atoms with Crippen LogP contribution in [0.25, 0.3) is 0 Å². The first-order valence-electron chi connectivity index (χ1n) is 7.35. The molecule has 0 bridgehead atoms. The molecule has 1 saturated heterocycles. The highest BCUT2D eigenvalue weighted by molar-refractivity contribution is 6.29. The number of benzene rings is 1. The molecule has 21 heavy (non-hydrogen) atoms. The summed E-state index contributed by atoms with van der Waals surface area (Å²) in [6.45, 7) is 1.72. The predicted octanol–water partition coefficient (Wildman–Crippen LogP) is 4.31. The molecule has 2 unspecified atom stereocenters. The van der Waals surface area contributed by atoms with Gasteiger partial charge in [0.25, 0.3) is 0 Å². The lowest BCUT2D eigenvalue weighted by atomic mass is 9.89. The summed E-state index contributed by atoms with van der Waals surface area (Å²) >= 11 is 5.92. The third kappa shape index (κ3) is 3.74. The fourth-order valence-electron chi connectivity index (χ4n) is 2.82. The maximum atomic E-state index is 6.01. The van der Waals surface area contributed by atoms with Crippen molar-refractivity contribution in [3.05, 3.63) is 59.4 Å². The second-order valence-electron chi connectivity index (χ2n) is 5.35. The minimum Gasteiger partial charge on any atom is -0.385 e. The maximum absolute atomic E-state index is 6.01. The molecule has 3 rings (SSSR count). The molecule has 110 valence electrons. The monoisotopic (exact) mass is 302 g/mol. The average Bonchev–Trinajstić information content (AvgIpc) is 2.54. The summed E-state index contributed by atoms with van der Waals surface area (Å²) in [6, 6.07) is 14.3. The van der Waals surface area contributed by atoms with Gasteiger partial charge in [0.1, 0.15) is 5.15 Å². The van der Waals surface area contributed by atoms with E-state index in [0.717, 1.165) is 25.3 Å². The Morgan fingerprint density at radius 1 is 1.24 bits per heavy atom. The fraction of sp³-hybridized carbons (Fsp3) is 0.353. The third-order valence-corrected chi connectivity index (χ3v) is 4.07. The van der Waals surface area contributed by atoms with Gasteiger partial charge in [0.05, 0.1) is 6.10 Å². The Hall–Kier alpha value is -1.58. The van der Waals surface area contributed by atoms with E-state index >= 15 is 0 Å². The van der Waals surface area contributed by atoms with Gasteiger partial charge in [-0.2, -0.15) is 0 Å². The number of rotatable bonds is 4. The van der Waals surface area contributed by atoms with E-state index in [0.29, 0.717) is 11.1 Å². The summed E-state index contributed by atoms with van der Waals surface area (Å²) in [6.07, 6.45) is 4.18. The van der Waals surface area contributed by atoms with Crippen molar-refractivity contribution in [1.29, 1.82) is 0 Å². The second-order valence-corrected chi connectivity index (χ2v) is 5.74. The SMILES string of the molecule is Clc1cc(NCC2CCCOC2c2ccccc2)ccn1. The summed E-state index contributed by atoms with van der Waals surface area (Å²) in [7, 11) is 0. The molecule has 2 heterocycles. The van der Waals surface area contributed by atoms with Crippen LogP contribution in [0.1, 0.15) is 24.5 Å². The standard InChI is InChI=1S/C17H19ClN2O/c18-16-11-15(8-9-19-16)20-12-14-7-4-10-21-17(14)13-5-2-1-3-6-13/h1-3,5-6,8-9,11,14,17H,4,7,10,12H2,(H,19,20). The zero-order valence-electron chi connectivity index (χ0n) is 11.8. The number of pyridine rings is 1. The Morgan fingerprint density at radius 2 is 2.10 bits per heavy atom. The number of anilines is 1. The molecule has 4 heteroatoms. The number of halogens is 1. The van der Waals surface area contributed by atoms with Crippen LogP contribution in [-0.2, 0) is 4.74 Å². The van der Waals surface area contributed by atoms with E-state index in [1.165, 1.54) is 12.0 Å². The topological polar surface area (TPSA) is 34.1 Å². The maximum Gasteiger partial charge on any atom is 0.131 e. The highest BCUT2D eigenvalue weighted by Gasteiger charge is 2.27. The molecule has 1 aromatic heterocycles. The van der Waals surface area contributed by atoms with Gasteiger partial charge in [-0.3, -0.25) is 0 Å². The second kappa shape index (κ2) is 6.92. The molecule has 2 aromatic rings. The van der Waals surface area contributed by atoms with Gasteiger partial charge in [0.15, 0.2) is 0 Å². The lowest BCUT2D eigenvalue weighted by Crippen LogP contribution is -2.28. The van der Waals surface area contributed by atoms with Gasteiger partial charge >= 0.3 is 0 Å². The highest BCUT2D eigenvalue weighted by atomic mass is 35.5. The minimum atomic E-state index is 0.171. The molecule has 1 N–H and O–H groups in total. The van der Waals surface area contributed by atoms with E-state index in [2.05, 4.69) is 34.6 Å². The van der Waals surface area contributed by atoms with Gasteiger partial charge in [-0.25, -0.2) is 4.98 Å². The Bertz CT molecular complexity index is 576. The van der Waals surface area contributed by atoms with Crippen LogP contribution in [0.4, 0.5) is 5.69 Å². The molecule has 0 amide bonds. The van der Waals surface area contributed by atoms with Crippen molar-refractivity contribution in [2.45, 2.75) is 18.9 Å². The van der Waals surface area contributed by atoms with Gasteiger partial charge in [-0.05, 0) is 30.5 Å². The molecular formula is C17H19ClN2O. The van der Waals surface area contributed by atoms with Crippen molar-refractivity contribution < 1.29 is 4.74 Å². The predicted molar refractivity (Wildman–Crippen MR) is 85.6 cm³/mol. The van der Waals surface area contributed by atoms with Gasteiger partial charge in [0.2, 0.25) is 0 Å². The van der Waals surface area contributed by atoms with E-state index in [-0.39, 0.29) is 6.10 Å². The van der Waals surface area contributed by atoms with Crippen molar-refractivity contribution in [2.24, 2.45) is 5.92 Å². The first-order chi connectivity index (χ1) is 10.3. The lowest BCUT2D eigenvalue weighted by Gasteiger charge is -2.32. The Balaban J connectivity index is 1.67. The average molecular weight is 303 g/mol. The smallest absolute Gasteiger partial charge is 0.131 e. The molecule has 1 fully saturated rings. The molecule has 0 aliphatic carbocycles. The number of nitrogens with zero attached hydrogens (tertiary/aromatic N) is 1. The Morgan fingerprint density at radius 3 is 2.90 bits per heavy atom. The normalized spacial score (nSPS) is 22.0. The van der Waals surface area contributed by atoms with Gasteiger partial charge < -0.3 is 10.1 Å². The lowest BCUT2D eigenvalue weighted by molar-refractivity contribution is -0.0238. The molecule has 0 saturated carbocycles. The van der Waals surface area contributed by atoms with Crippen LogP contribution in [0.3, 0.4) is 0 Å². The number of hydrogen-bond donors (Lipinski definition) is 1. The summed E-state index contributed by atoms with van der Waals surface area (Å²) < 4.78 is 6.01. The largest absolute Gasteiger partial charge is 0.385 e. The molecule has 3 nitrogen and oxygen atoms in total. The molecule has 1 aliphatic heterocycles. The van der Waals surface area contributed by atoms with Crippen LogP contribution < -0.4 is 5.32 Å². The van der Waals surface area contributed by atoms with Crippen LogP contribution in [0.2, 0.25) is 5.15 Å². The minimum absolute atomic E-state index is 0.171. The van der Waals surface area contributed by atoms with Crippen molar-refractivity contribution in [3.8, 4) is 0 Å². The molecule has 0 spiro atoms. The van der Waals surface area contributed by atoms with E-state index in [1.807, 2.05) is 18.2 Å². The van der Waals surface area contributed by atoms with E-state index in [1.54, 1.807) is 6.20 Å². The molecular weight excluding hydrogens is 284 g/mol. The van der Waals surface area contributed by atoms with Crippen molar-refractivity contribution in [3.63, 3.8) is 0 Å². The fourth-order valence-corrected chi connectivity index (χ4v) is 3.00. The third-order valence-electron chi connectivity index (χ3n) is 3.87. The first kappa shape index (κ1) is 14.4. The Kier molecular flexibility index (Phi) is 4.73. The van der Waals surface area contributed by atoms with Crippen LogP contribution in [-0.4, -0.2) is 18.1 Å². The van der Waals surface area contributed by atoms with Crippen LogP contribution in [0.15, 0.2) is 48.7 Å². The van der Waals surface area contributed by atoms with Crippen LogP contribution >= 0.6 is 11.6 Å². The number of aromatic nitrogens is 1. The number of hydrogen-bond acceptors (Lipinski definition) is 3. The van der Waals surface area contributed by atoms with Crippen LogP contribution in [0.5, 0.6) is 0 Å². The van der Waals surface area contributed by atoms with Crippen molar-refractivity contribution >= 4 is 17.3 Å². The first-order valence-corrected chi connectivity index (χ1v) is 7.73. The van der Waals surface area contributed by atoms with Gasteiger partial charge in [0, 0.05) is 31.0 Å². The molecule has 1 aromatic carbocycles. The zero-order valence-corrected chi connectivity index (χ0v) is 12.6. The number of ether oxygens (including phenoxy) is 1. The summed E-state index contributed by atoms with van der Waals surface area (Å²) in [4.78, 5) is 4.00. The van der Waals surface area contributed by atoms with E-state index in [9.17, 15) is 0 Å². The summed E-state index contributed by atoms with van der Waals surface area (Å²) in [5.41, 5.74) is 2.27. The Labute approximate surface area is 130 Å². The van der Waals surface area contributed by atoms with E-state index < -0.39 is 0 Å². The number of nitrogens with one attached hydrogen (secondary N) is 1. The highest BCUT2D eigenvalue weighted by Crippen LogP contribution is 2.33. The molecule has 1 aliphatic rings. The zero-order chi connectivity index (χ0) is 14.5. The van der Waals surface area contributed by atoms with Crippen molar-refractivity contribution in [2.75, 3.05) is 18.5 Å². The molecule has 0 radical (unpaired) electrons. The van der Waals surface area contributed by atoms with Crippen molar-refractivity contribution in [1.82, 2.24) is 4.98 Å².